The molecule has 1 unspecified atom stereocenters. The van der Waals surface area contributed by atoms with E-state index in [9.17, 15) is 9.90 Å². The van der Waals surface area contributed by atoms with Crippen molar-refractivity contribution in [3.8, 4) is 0 Å². The Morgan fingerprint density at radius 1 is 0.815 bits per heavy atom. The second-order valence-electron chi connectivity index (χ2n) is 6.82. The van der Waals surface area contributed by atoms with Crippen LogP contribution in [0.1, 0.15) is 35.1 Å². The molecule has 1 N–H and O–H groups in total. The highest BCUT2D eigenvalue weighted by Crippen LogP contribution is 2.24. The molecule has 0 fully saturated rings. The molecule has 0 amide bonds. The summed E-state index contributed by atoms with van der Waals surface area (Å²) in [4.78, 5) is 11.5. The molecule has 1 atom stereocenters. The first-order valence-corrected chi connectivity index (χ1v) is 9.22. The molecule has 0 radical (unpaired) electrons. The second kappa shape index (κ2) is 9.00. The van der Waals surface area contributed by atoms with Crippen LogP contribution in [0.15, 0.2) is 90.5 Å². The van der Waals surface area contributed by atoms with Crippen molar-refractivity contribution in [3.05, 3.63) is 113 Å². The Kier molecular flexibility index (Phi) is 6.22. The van der Waals surface area contributed by atoms with Crippen molar-refractivity contribution in [3.63, 3.8) is 0 Å². The summed E-state index contributed by atoms with van der Waals surface area (Å²) >= 11 is 0. The lowest BCUT2D eigenvalue weighted by atomic mass is 9.91. The highest BCUT2D eigenvalue weighted by Gasteiger charge is 2.16. The molecule has 0 bridgehead atoms. The number of benzene rings is 3. The standard InChI is InChI=1S/C25H24O2/c1-19(25(26)27)24-15-9-8-14-23(24)18-22(16-20-10-4-2-5-11-20)17-21-12-6-3-7-13-21/h2-15,18-19H,16-17H2,1H3,(H,26,27). The largest absolute Gasteiger partial charge is 0.481 e. The molecule has 136 valence electrons. The summed E-state index contributed by atoms with van der Waals surface area (Å²) in [6.45, 7) is 1.74. The quantitative estimate of drug-likeness (QED) is 0.586. The molecule has 0 spiro atoms. The van der Waals surface area contributed by atoms with Crippen molar-refractivity contribution in [2.24, 2.45) is 0 Å². The number of rotatable bonds is 7. The van der Waals surface area contributed by atoms with Crippen LogP contribution in [0.4, 0.5) is 0 Å². The Morgan fingerprint density at radius 2 is 1.30 bits per heavy atom. The first kappa shape index (κ1) is 18.7. The number of allylic oxidation sites excluding steroid dienone is 1. The molecule has 0 saturated carbocycles. The molecule has 0 heterocycles. The maximum absolute atomic E-state index is 11.5. The minimum Gasteiger partial charge on any atom is -0.481 e. The van der Waals surface area contributed by atoms with Crippen LogP contribution in [0.5, 0.6) is 0 Å². The zero-order chi connectivity index (χ0) is 19.1. The van der Waals surface area contributed by atoms with Crippen molar-refractivity contribution in [2.45, 2.75) is 25.7 Å². The van der Waals surface area contributed by atoms with Crippen LogP contribution in [-0.4, -0.2) is 11.1 Å². The number of hydrogen-bond donors (Lipinski definition) is 1. The molecular formula is C25H24O2. The van der Waals surface area contributed by atoms with Gasteiger partial charge in [0.05, 0.1) is 5.92 Å². The lowest BCUT2D eigenvalue weighted by Gasteiger charge is -2.13. The fraction of sp³-hybridized carbons (Fsp3) is 0.160. The van der Waals surface area contributed by atoms with Crippen LogP contribution < -0.4 is 0 Å². The van der Waals surface area contributed by atoms with Gasteiger partial charge in [0, 0.05) is 0 Å². The van der Waals surface area contributed by atoms with E-state index in [2.05, 4.69) is 54.6 Å². The molecule has 3 rings (SSSR count). The molecule has 3 aromatic rings. The molecule has 0 saturated heterocycles. The van der Waals surface area contributed by atoms with Gasteiger partial charge < -0.3 is 5.11 Å². The number of carboxylic acids is 1. The third-order valence-electron chi connectivity index (χ3n) is 4.74. The zero-order valence-corrected chi connectivity index (χ0v) is 15.5. The van der Waals surface area contributed by atoms with E-state index in [1.54, 1.807) is 6.92 Å². The van der Waals surface area contributed by atoms with Crippen molar-refractivity contribution < 1.29 is 9.90 Å². The second-order valence-corrected chi connectivity index (χ2v) is 6.82. The normalized spacial score (nSPS) is 11.6. The monoisotopic (exact) mass is 356 g/mol. The molecule has 0 aliphatic carbocycles. The molecule has 0 aliphatic heterocycles. The Balaban J connectivity index is 1.98. The van der Waals surface area contributed by atoms with Gasteiger partial charge in [0.15, 0.2) is 0 Å². The lowest BCUT2D eigenvalue weighted by Crippen LogP contribution is -2.09. The Hall–Kier alpha value is -3.13. The van der Waals surface area contributed by atoms with Gasteiger partial charge in [-0.25, -0.2) is 0 Å². The van der Waals surface area contributed by atoms with E-state index in [0.29, 0.717) is 0 Å². The van der Waals surface area contributed by atoms with Crippen LogP contribution in [0.2, 0.25) is 0 Å². The maximum atomic E-state index is 11.5. The number of hydrogen-bond acceptors (Lipinski definition) is 1. The van der Waals surface area contributed by atoms with E-state index >= 15 is 0 Å². The number of carbonyl (C=O) groups is 1. The average molecular weight is 356 g/mol. The summed E-state index contributed by atoms with van der Waals surface area (Å²) in [7, 11) is 0. The Morgan fingerprint density at radius 3 is 1.81 bits per heavy atom. The Bertz CT molecular complexity index is 868. The SMILES string of the molecule is CC(C(=O)O)c1ccccc1C=C(Cc1ccccc1)Cc1ccccc1. The van der Waals surface area contributed by atoms with E-state index in [1.807, 2.05) is 36.4 Å². The van der Waals surface area contributed by atoms with Gasteiger partial charge in [-0.1, -0.05) is 96.6 Å². The van der Waals surface area contributed by atoms with Crippen molar-refractivity contribution in [2.75, 3.05) is 0 Å². The van der Waals surface area contributed by atoms with Gasteiger partial charge >= 0.3 is 5.97 Å². The smallest absolute Gasteiger partial charge is 0.310 e. The van der Waals surface area contributed by atoms with E-state index in [0.717, 1.165) is 24.0 Å². The minimum atomic E-state index is -0.802. The zero-order valence-electron chi connectivity index (χ0n) is 15.5. The lowest BCUT2D eigenvalue weighted by molar-refractivity contribution is -0.138. The highest BCUT2D eigenvalue weighted by molar-refractivity contribution is 5.78. The summed E-state index contributed by atoms with van der Waals surface area (Å²) in [6, 6.07) is 28.6. The fourth-order valence-electron chi connectivity index (χ4n) is 3.27. The Labute approximate surface area is 160 Å². The van der Waals surface area contributed by atoms with Crippen LogP contribution in [0.25, 0.3) is 6.08 Å². The van der Waals surface area contributed by atoms with Crippen LogP contribution in [-0.2, 0) is 17.6 Å². The topological polar surface area (TPSA) is 37.3 Å². The van der Waals surface area contributed by atoms with Gasteiger partial charge in [0.2, 0.25) is 0 Å². The fourth-order valence-corrected chi connectivity index (χ4v) is 3.27. The molecule has 3 aromatic carbocycles. The first-order chi connectivity index (χ1) is 13.1. The van der Waals surface area contributed by atoms with Gasteiger partial charge in [-0.05, 0) is 42.0 Å². The minimum absolute atomic E-state index is 0.535. The molecule has 0 aliphatic rings. The third kappa shape index (κ3) is 5.18. The first-order valence-electron chi connectivity index (χ1n) is 9.22. The van der Waals surface area contributed by atoms with Crippen molar-refractivity contribution in [1.82, 2.24) is 0 Å². The van der Waals surface area contributed by atoms with Crippen LogP contribution >= 0.6 is 0 Å². The predicted octanol–water partition coefficient (Wildman–Crippen LogP) is 5.74. The average Bonchev–Trinajstić information content (AvgIpc) is 2.69. The molecular weight excluding hydrogens is 332 g/mol. The van der Waals surface area contributed by atoms with Gasteiger partial charge in [-0.15, -0.1) is 0 Å². The number of carboxylic acid groups (broad SMARTS) is 1. The van der Waals surface area contributed by atoms with Crippen LogP contribution in [0.3, 0.4) is 0 Å². The van der Waals surface area contributed by atoms with Gasteiger partial charge in [0.25, 0.3) is 0 Å². The van der Waals surface area contributed by atoms with Crippen molar-refractivity contribution in [1.29, 1.82) is 0 Å². The molecule has 0 aromatic heterocycles. The van der Waals surface area contributed by atoms with Gasteiger partial charge in [-0.2, -0.15) is 0 Å². The van der Waals surface area contributed by atoms with E-state index in [1.165, 1.54) is 16.7 Å². The summed E-state index contributed by atoms with van der Waals surface area (Å²) < 4.78 is 0. The molecule has 2 heteroatoms. The molecule has 2 nitrogen and oxygen atoms in total. The van der Waals surface area contributed by atoms with E-state index in [-0.39, 0.29) is 0 Å². The highest BCUT2D eigenvalue weighted by atomic mass is 16.4. The summed E-state index contributed by atoms with van der Waals surface area (Å²) in [5, 5.41) is 9.44. The van der Waals surface area contributed by atoms with Crippen LogP contribution in [0, 0.1) is 0 Å². The van der Waals surface area contributed by atoms with E-state index in [4.69, 9.17) is 0 Å². The summed E-state index contributed by atoms with van der Waals surface area (Å²) in [5.41, 5.74) is 5.60. The molecule has 27 heavy (non-hydrogen) atoms. The summed E-state index contributed by atoms with van der Waals surface area (Å²) in [6.07, 6.45) is 3.84. The maximum Gasteiger partial charge on any atom is 0.310 e. The summed E-state index contributed by atoms with van der Waals surface area (Å²) in [5.74, 6) is -1.34. The number of aliphatic carboxylic acids is 1. The predicted molar refractivity (Wildman–Crippen MR) is 111 cm³/mol. The van der Waals surface area contributed by atoms with Gasteiger partial charge in [0.1, 0.15) is 0 Å². The third-order valence-corrected chi connectivity index (χ3v) is 4.74. The van der Waals surface area contributed by atoms with E-state index < -0.39 is 11.9 Å². The van der Waals surface area contributed by atoms with Gasteiger partial charge in [-0.3, -0.25) is 4.79 Å². The van der Waals surface area contributed by atoms with Crippen molar-refractivity contribution >= 4 is 12.0 Å².